The molecular formula is C15H25ClN2O3S. The maximum absolute atomic E-state index is 12.7. The van der Waals surface area contributed by atoms with Gasteiger partial charge in [0.25, 0.3) is 0 Å². The van der Waals surface area contributed by atoms with Gasteiger partial charge in [-0.3, -0.25) is 0 Å². The minimum Gasteiger partial charge on any atom is -0.494 e. The monoisotopic (exact) mass is 348 g/mol. The molecule has 0 radical (unpaired) electrons. The van der Waals surface area contributed by atoms with Crippen LogP contribution in [0.2, 0.25) is 0 Å². The van der Waals surface area contributed by atoms with Crippen molar-refractivity contribution in [3.8, 4) is 5.75 Å². The second-order valence-electron chi connectivity index (χ2n) is 5.31. The third-order valence-electron chi connectivity index (χ3n) is 3.82. The van der Waals surface area contributed by atoms with Crippen LogP contribution in [0.15, 0.2) is 29.2 Å². The minimum absolute atomic E-state index is 0. The molecule has 2 rings (SSSR count). The quantitative estimate of drug-likeness (QED) is 0.855. The third kappa shape index (κ3) is 4.59. The normalized spacial score (nSPS) is 17.0. The van der Waals surface area contributed by atoms with E-state index in [9.17, 15) is 8.42 Å². The van der Waals surface area contributed by atoms with Gasteiger partial charge >= 0.3 is 0 Å². The van der Waals surface area contributed by atoms with E-state index in [-0.39, 0.29) is 12.4 Å². The summed E-state index contributed by atoms with van der Waals surface area (Å²) in [6.45, 7) is 4.54. The number of piperidine rings is 1. The molecule has 0 bridgehead atoms. The first kappa shape index (κ1) is 19.2. The summed E-state index contributed by atoms with van der Waals surface area (Å²) < 4.78 is 32.3. The Balaban J connectivity index is 0.00000242. The van der Waals surface area contributed by atoms with Crippen LogP contribution >= 0.6 is 12.4 Å². The largest absolute Gasteiger partial charge is 0.494 e. The second kappa shape index (κ2) is 8.72. The molecule has 1 heterocycles. The van der Waals surface area contributed by atoms with Crippen molar-refractivity contribution in [2.45, 2.75) is 24.7 Å². The summed E-state index contributed by atoms with van der Waals surface area (Å²) in [5, 5.41) is 3.16. The Bertz CT molecular complexity index is 558. The Morgan fingerprint density at radius 3 is 2.59 bits per heavy atom. The smallest absolute Gasteiger partial charge is 0.243 e. The van der Waals surface area contributed by atoms with Gasteiger partial charge in [-0.25, -0.2) is 8.42 Å². The molecule has 1 aliphatic heterocycles. The first-order chi connectivity index (χ1) is 10.1. The van der Waals surface area contributed by atoms with Crippen molar-refractivity contribution in [2.75, 3.05) is 33.3 Å². The third-order valence-corrected chi connectivity index (χ3v) is 5.72. The van der Waals surface area contributed by atoms with Crippen molar-refractivity contribution < 1.29 is 13.2 Å². The molecule has 0 spiro atoms. The number of benzene rings is 1. The highest BCUT2D eigenvalue weighted by Crippen LogP contribution is 2.25. The summed E-state index contributed by atoms with van der Waals surface area (Å²) in [6.07, 6.45) is 1.82. The van der Waals surface area contributed by atoms with E-state index in [1.807, 2.05) is 14.0 Å². The molecular weight excluding hydrogens is 324 g/mol. The standard InChI is InChI=1S/C15H24N2O3S.ClH/c1-3-20-14-5-4-6-15(11-14)21(18,19)17-9-7-13(8-10-17)12-16-2;/h4-6,11,13,16H,3,7-10,12H2,1-2H3;1H. The lowest BCUT2D eigenvalue weighted by Gasteiger charge is -2.31. The fourth-order valence-electron chi connectivity index (χ4n) is 2.68. The highest BCUT2D eigenvalue weighted by Gasteiger charge is 2.29. The number of nitrogens with one attached hydrogen (secondary N) is 1. The van der Waals surface area contributed by atoms with Gasteiger partial charge in [0.05, 0.1) is 11.5 Å². The molecule has 0 atom stereocenters. The van der Waals surface area contributed by atoms with Gasteiger partial charge in [0.15, 0.2) is 0 Å². The van der Waals surface area contributed by atoms with Crippen LogP contribution in [0.25, 0.3) is 0 Å². The molecule has 1 fully saturated rings. The van der Waals surface area contributed by atoms with E-state index in [1.165, 1.54) is 0 Å². The molecule has 0 saturated carbocycles. The molecule has 0 aliphatic carbocycles. The van der Waals surface area contributed by atoms with Gasteiger partial charge in [0.1, 0.15) is 5.75 Å². The predicted molar refractivity (Wildman–Crippen MR) is 90.3 cm³/mol. The SMILES string of the molecule is CCOc1cccc(S(=O)(=O)N2CCC(CNC)CC2)c1.Cl. The van der Waals surface area contributed by atoms with Crippen LogP contribution in [0, 0.1) is 5.92 Å². The van der Waals surface area contributed by atoms with Crippen molar-refractivity contribution in [3.63, 3.8) is 0 Å². The number of hydrogen-bond acceptors (Lipinski definition) is 4. The molecule has 1 N–H and O–H groups in total. The van der Waals surface area contributed by atoms with E-state index in [1.54, 1.807) is 28.6 Å². The molecule has 0 amide bonds. The summed E-state index contributed by atoms with van der Waals surface area (Å²) in [7, 11) is -1.48. The van der Waals surface area contributed by atoms with Gasteiger partial charge < -0.3 is 10.1 Å². The molecule has 1 aromatic rings. The van der Waals surface area contributed by atoms with Gasteiger partial charge in [0, 0.05) is 19.2 Å². The van der Waals surface area contributed by atoms with Gasteiger partial charge in [0.2, 0.25) is 10.0 Å². The number of nitrogens with zero attached hydrogens (tertiary/aromatic N) is 1. The number of halogens is 1. The predicted octanol–water partition coefficient (Wildman–Crippen LogP) is 2.13. The molecule has 0 unspecified atom stereocenters. The number of rotatable bonds is 6. The van der Waals surface area contributed by atoms with E-state index in [0.29, 0.717) is 36.3 Å². The van der Waals surface area contributed by atoms with E-state index in [0.717, 1.165) is 19.4 Å². The summed E-state index contributed by atoms with van der Waals surface area (Å²) >= 11 is 0. The van der Waals surface area contributed by atoms with Crippen molar-refractivity contribution in [2.24, 2.45) is 5.92 Å². The number of sulfonamides is 1. The van der Waals surface area contributed by atoms with Crippen molar-refractivity contribution in [1.82, 2.24) is 9.62 Å². The highest BCUT2D eigenvalue weighted by atomic mass is 35.5. The molecule has 126 valence electrons. The van der Waals surface area contributed by atoms with Crippen LogP contribution in [0.4, 0.5) is 0 Å². The van der Waals surface area contributed by atoms with Crippen LogP contribution in [0.3, 0.4) is 0 Å². The Labute approximate surface area is 139 Å². The second-order valence-corrected chi connectivity index (χ2v) is 7.25. The van der Waals surface area contributed by atoms with Crippen LogP contribution in [0.1, 0.15) is 19.8 Å². The lowest BCUT2D eigenvalue weighted by Crippen LogP contribution is -2.40. The molecule has 0 aromatic heterocycles. The molecule has 7 heteroatoms. The maximum Gasteiger partial charge on any atom is 0.243 e. The zero-order chi connectivity index (χ0) is 15.3. The average Bonchev–Trinajstić information content (AvgIpc) is 2.49. The van der Waals surface area contributed by atoms with E-state index >= 15 is 0 Å². The first-order valence-electron chi connectivity index (χ1n) is 7.45. The van der Waals surface area contributed by atoms with Crippen LogP contribution in [0.5, 0.6) is 5.75 Å². The van der Waals surface area contributed by atoms with E-state index in [4.69, 9.17) is 4.74 Å². The fourth-order valence-corrected chi connectivity index (χ4v) is 4.19. The number of ether oxygens (including phenoxy) is 1. The van der Waals surface area contributed by atoms with Gasteiger partial charge in [-0.05, 0) is 51.4 Å². The van der Waals surface area contributed by atoms with Crippen molar-refractivity contribution >= 4 is 22.4 Å². The zero-order valence-corrected chi connectivity index (χ0v) is 14.8. The Morgan fingerprint density at radius 2 is 2.00 bits per heavy atom. The minimum atomic E-state index is -3.41. The van der Waals surface area contributed by atoms with Crippen molar-refractivity contribution in [1.29, 1.82) is 0 Å². The van der Waals surface area contributed by atoms with Crippen LogP contribution in [-0.2, 0) is 10.0 Å². The van der Waals surface area contributed by atoms with Gasteiger partial charge in [-0.15, -0.1) is 12.4 Å². The summed E-state index contributed by atoms with van der Waals surface area (Å²) in [5.74, 6) is 1.17. The molecule has 22 heavy (non-hydrogen) atoms. The van der Waals surface area contributed by atoms with Gasteiger partial charge in [-0.1, -0.05) is 6.07 Å². The summed E-state index contributed by atoms with van der Waals surface area (Å²) in [5.41, 5.74) is 0. The topological polar surface area (TPSA) is 58.6 Å². The van der Waals surface area contributed by atoms with E-state index in [2.05, 4.69) is 5.32 Å². The molecule has 1 aliphatic rings. The Hall–Kier alpha value is -0.820. The maximum atomic E-state index is 12.7. The summed E-state index contributed by atoms with van der Waals surface area (Å²) in [4.78, 5) is 0.320. The summed E-state index contributed by atoms with van der Waals surface area (Å²) in [6, 6.07) is 6.75. The zero-order valence-electron chi connectivity index (χ0n) is 13.1. The lowest BCUT2D eigenvalue weighted by atomic mass is 9.98. The molecule has 1 aromatic carbocycles. The highest BCUT2D eigenvalue weighted by molar-refractivity contribution is 7.89. The Morgan fingerprint density at radius 1 is 1.32 bits per heavy atom. The number of hydrogen-bond donors (Lipinski definition) is 1. The molecule has 1 saturated heterocycles. The van der Waals surface area contributed by atoms with Gasteiger partial charge in [-0.2, -0.15) is 4.31 Å². The van der Waals surface area contributed by atoms with Crippen LogP contribution in [-0.4, -0.2) is 46.0 Å². The van der Waals surface area contributed by atoms with Crippen molar-refractivity contribution in [3.05, 3.63) is 24.3 Å². The first-order valence-corrected chi connectivity index (χ1v) is 8.89. The molecule has 5 nitrogen and oxygen atoms in total. The average molecular weight is 349 g/mol. The fraction of sp³-hybridized carbons (Fsp3) is 0.600. The Kier molecular flexibility index (Phi) is 7.62. The van der Waals surface area contributed by atoms with Crippen LogP contribution < -0.4 is 10.1 Å². The lowest BCUT2D eigenvalue weighted by molar-refractivity contribution is 0.270. The van der Waals surface area contributed by atoms with E-state index < -0.39 is 10.0 Å².